The van der Waals surface area contributed by atoms with Crippen molar-refractivity contribution in [2.45, 2.75) is 19.3 Å². The van der Waals surface area contributed by atoms with Crippen molar-refractivity contribution < 1.29 is 14.3 Å². The smallest absolute Gasteiger partial charge is 0.234 e. The van der Waals surface area contributed by atoms with Gasteiger partial charge in [-0.25, -0.2) is 0 Å². The van der Waals surface area contributed by atoms with Gasteiger partial charge in [0.05, 0.1) is 29.0 Å². The van der Waals surface area contributed by atoms with Crippen molar-refractivity contribution in [3.63, 3.8) is 0 Å². The van der Waals surface area contributed by atoms with Crippen molar-refractivity contribution in [2.75, 3.05) is 17.7 Å². The zero-order valence-electron chi connectivity index (χ0n) is 16.0. The predicted octanol–water partition coefficient (Wildman–Crippen LogP) is 3.80. The van der Waals surface area contributed by atoms with Crippen LogP contribution in [0.4, 0.5) is 5.69 Å². The number of nitrogens with zero attached hydrogens (tertiary/aromatic N) is 1. The fourth-order valence-electron chi connectivity index (χ4n) is 3.04. The Bertz CT molecular complexity index is 950. The molecular weight excluding hydrogens is 386 g/mol. The van der Waals surface area contributed by atoms with Crippen LogP contribution in [-0.4, -0.2) is 24.2 Å². The van der Waals surface area contributed by atoms with Gasteiger partial charge in [-0.3, -0.25) is 9.59 Å². The van der Waals surface area contributed by atoms with Crippen LogP contribution >= 0.6 is 11.8 Å². The normalized spacial score (nSPS) is 16.0. The summed E-state index contributed by atoms with van der Waals surface area (Å²) in [6.45, 7) is 2.48. The lowest BCUT2D eigenvalue weighted by atomic mass is 9.87. The van der Waals surface area contributed by atoms with Gasteiger partial charge in [-0.2, -0.15) is 5.26 Å². The largest absolute Gasteiger partial charge is 0.494 e. The van der Waals surface area contributed by atoms with E-state index in [0.29, 0.717) is 22.9 Å². The number of nitrogens with one attached hydrogen (secondary N) is 2. The molecule has 3 rings (SSSR count). The van der Waals surface area contributed by atoms with E-state index in [2.05, 4.69) is 16.7 Å². The average Bonchev–Trinajstić information content (AvgIpc) is 2.74. The van der Waals surface area contributed by atoms with Crippen LogP contribution in [0.1, 0.15) is 24.8 Å². The highest BCUT2D eigenvalue weighted by Gasteiger charge is 2.29. The molecule has 29 heavy (non-hydrogen) atoms. The van der Waals surface area contributed by atoms with E-state index >= 15 is 0 Å². The second-order valence-electron chi connectivity index (χ2n) is 6.36. The van der Waals surface area contributed by atoms with Crippen molar-refractivity contribution in [1.29, 1.82) is 5.26 Å². The highest BCUT2D eigenvalue weighted by atomic mass is 32.2. The van der Waals surface area contributed by atoms with E-state index < -0.39 is 0 Å². The first-order valence-corrected chi connectivity index (χ1v) is 10.2. The number of anilines is 1. The third-order valence-electron chi connectivity index (χ3n) is 4.35. The summed E-state index contributed by atoms with van der Waals surface area (Å²) in [5, 5.41) is 15.7. The van der Waals surface area contributed by atoms with Crippen molar-refractivity contribution in [1.82, 2.24) is 5.32 Å². The third kappa shape index (κ3) is 5.39. The number of thioether (sulfide) groups is 1. The first-order valence-electron chi connectivity index (χ1n) is 9.25. The lowest BCUT2D eigenvalue weighted by Gasteiger charge is -2.25. The lowest BCUT2D eigenvalue weighted by Crippen LogP contribution is -2.31. The van der Waals surface area contributed by atoms with Crippen molar-refractivity contribution in [3.8, 4) is 11.8 Å². The SMILES string of the molecule is CCOc1ccc(NC(=O)CSC2=C(C#N)[C@@H](c3ccccc3)CC(=O)N2)cc1. The molecule has 7 heteroatoms. The second kappa shape index (κ2) is 9.80. The average molecular weight is 407 g/mol. The number of ether oxygens (including phenoxy) is 1. The summed E-state index contributed by atoms with van der Waals surface area (Å²) < 4.78 is 5.38. The van der Waals surface area contributed by atoms with Gasteiger partial charge in [0.25, 0.3) is 0 Å². The molecule has 0 fully saturated rings. The minimum atomic E-state index is -0.299. The Hall–Kier alpha value is -3.24. The Morgan fingerprint density at radius 3 is 2.62 bits per heavy atom. The van der Waals surface area contributed by atoms with E-state index in [1.54, 1.807) is 24.3 Å². The van der Waals surface area contributed by atoms with Gasteiger partial charge in [0.15, 0.2) is 0 Å². The molecule has 0 unspecified atom stereocenters. The topological polar surface area (TPSA) is 91.2 Å². The molecule has 1 heterocycles. The third-order valence-corrected chi connectivity index (χ3v) is 5.37. The summed E-state index contributed by atoms with van der Waals surface area (Å²) in [5.41, 5.74) is 2.05. The van der Waals surface area contributed by atoms with Gasteiger partial charge in [-0.05, 0) is 36.8 Å². The monoisotopic (exact) mass is 407 g/mol. The fraction of sp³-hybridized carbons (Fsp3) is 0.227. The van der Waals surface area contributed by atoms with Crippen molar-refractivity contribution >= 4 is 29.3 Å². The zero-order valence-corrected chi connectivity index (χ0v) is 16.8. The van der Waals surface area contributed by atoms with Gasteiger partial charge < -0.3 is 15.4 Å². The quantitative estimate of drug-likeness (QED) is 0.729. The Morgan fingerprint density at radius 2 is 1.97 bits per heavy atom. The molecule has 1 aliphatic rings. The van der Waals surface area contributed by atoms with Gasteiger partial charge >= 0.3 is 0 Å². The number of carbonyl (C=O) groups is 2. The van der Waals surface area contributed by atoms with Crippen LogP contribution in [0.5, 0.6) is 5.75 Å². The maximum Gasteiger partial charge on any atom is 0.234 e. The molecule has 148 valence electrons. The standard InChI is InChI=1S/C22H21N3O3S/c1-2-28-17-10-8-16(9-11-17)24-21(27)14-29-22-19(13-23)18(12-20(26)25-22)15-6-4-3-5-7-15/h3-11,18H,2,12,14H2,1H3,(H,24,27)(H,25,26)/t18-/m1/s1. The molecule has 2 amide bonds. The summed E-state index contributed by atoms with van der Waals surface area (Å²) >= 11 is 1.16. The van der Waals surface area contributed by atoms with E-state index in [1.807, 2.05) is 37.3 Å². The summed E-state index contributed by atoms with van der Waals surface area (Å²) in [6.07, 6.45) is 0.218. The molecule has 1 aliphatic heterocycles. The zero-order chi connectivity index (χ0) is 20.6. The molecule has 0 saturated carbocycles. The number of benzene rings is 2. The minimum absolute atomic E-state index is 0.0789. The van der Waals surface area contributed by atoms with Crippen molar-refractivity contribution in [2.24, 2.45) is 0 Å². The lowest BCUT2D eigenvalue weighted by molar-refractivity contribution is -0.121. The van der Waals surface area contributed by atoms with E-state index in [1.165, 1.54) is 0 Å². The predicted molar refractivity (Wildman–Crippen MR) is 113 cm³/mol. The Kier molecular flexibility index (Phi) is 6.93. The Labute approximate surface area is 173 Å². The highest BCUT2D eigenvalue weighted by Crippen LogP contribution is 2.35. The highest BCUT2D eigenvalue weighted by molar-refractivity contribution is 8.03. The van der Waals surface area contributed by atoms with Gasteiger partial charge in [-0.1, -0.05) is 42.1 Å². The molecule has 2 N–H and O–H groups in total. The maximum absolute atomic E-state index is 12.3. The molecular formula is C22H21N3O3S. The Balaban J connectivity index is 1.67. The van der Waals surface area contributed by atoms with E-state index in [0.717, 1.165) is 23.1 Å². The number of amides is 2. The first kappa shape index (κ1) is 20.5. The number of rotatable bonds is 7. The molecule has 0 radical (unpaired) electrons. The van der Waals surface area contributed by atoms with Gasteiger partial charge in [-0.15, -0.1) is 0 Å². The van der Waals surface area contributed by atoms with E-state index in [9.17, 15) is 14.9 Å². The first-order chi connectivity index (χ1) is 14.1. The fourth-order valence-corrected chi connectivity index (χ4v) is 3.92. The molecule has 6 nitrogen and oxygen atoms in total. The van der Waals surface area contributed by atoms with E-state index in [-0.39, 0.29) is 29.9 Å². The van der Waals surface area contributed by atoms with Crippen LogP contribution in [-0.2, 0) is 9.59 Å². The molecule has 0 aromatic heterocycles. The van der Waals surface area contributed by atoms with Crippen LogP contribution in [0.25, 0.3) is 0 Å². The van der Waals surface area contributed by atoms with Crippen LogP contribution in [0.2, 0.25) is 0 Å². The summed E-state index contributed by atoms with van der Waals surface area (Å²) in [7, 11) is 0. The van der Waals surface area contributed by atoms with Gasteiger partial charge in [0, 0.05) is 18.0 Å². The molecule has 2 aromatic rings. The maximum atomic E-state index is 12.3. The Morgan fingerprint density at radius 1 is 1.24 bits per heavy atom. The summed E-state index contributed by atoms with van der Waals surface area (Å²) in [5.74, 6) is 0.134. The molecule has 0 spiro atoms. The van der Waals surface area contributed by atoms with Crippen LogP contribution in [0.3, 0.4) is 0 Å². The van der Waals surface area contributed by atoms with Gasteiger partial charge in [0.1, 0.15) is 5.75 Å². The van der Waals surface area contributed by atoms with Crippen LogP contribution < -0.4 is 15.4 Å². The summed E-state index contributed by atoms with van der Waals surface area (Å²) in [4.78, 5) is 24.5. The molecule has 0 aliphatic carbocycles. The number of hydrogen-bond donors (Lipinski definition) is 2. The number of allylic oxidation sites excluding steroid dienone is 1. The molecule has 2 aromatic carbocycles. The molecule has 0 saturated heterocycles. The molecule has 0 bridgehead atoms. The minimum Gasteiger partial charge on any atom is -0.494 e. The second-order valence-corrected chi connectivity index (χ2v) is 7.35. The van der Waals surface area contributed by atoms with Crippen LogP contribution in [0, 0.1) is 11.3 Å². The number of nitriles is 1. The summed E-state index contributed by atoms with van der Waals surface area (Å²) in [6, 6.07) is 18.8. The van der Waals surface area contributed by atoms with Crippen molar-refractivity contribution in [3.05, 3.63) is 70.8 Å². The van der Waals surface area contributed by atoms with E-state index in [4.69, 9.17) is 4.74 Å². The van der Waals surface area contributed by atoms with Gasteiger partial charge in [0.2, 0.25) is 11.8 Å². The molecule has 1 atom stereocenters. The van der Waals surface area contributed by atoms with Crippen LogP contribution in [0.15, 0.2) is 65.2 Å². The number of carbonyl (C=O) groups excluding carboxylic acids is 2. The number of hydrogen-bond acceptors (Lipinski definition) is 5.